The Morgan fingerprint density at radius 1 is 1.40 bits per heavy atom. The minimum Gasteiger partial charge on any atom is -0.487 e. The molecule has 0 amide bonds. The highest BCUT2D eigenvalue weighted by Gasteiger charge is 2.06. The molecule has 0 aliphatic rings. The zero-order chi connectivity index (χ0) is 14.7. The number of benzene rings is 1. The average molecular weight is 272 g/mol. The lowest BCUT2D eigenvalue weighted by atomic mass is 10.1. The molecule has 0 unspecified atom stereocenters. The summed E-state index contributed by atoms with van der Waals surface area (Å²) in [5.41, 5.74) is 8.05. The summed E-state index contributed by atoms with van der Waals surface area (Å²) in [4.78, 5) is 0. The first-order valence-electron chi connectivity index (χ1n) is 6.59. The van der Waals surface area contributed by atoms with Gasteiger partial charge in [0, 0.05) is 17.8 Å². The molecule has 0 spiro atoms. The van der Waals surface area contributed by atoms with Crippen molar-refractivity contribution in [2.24, 2.45) is 5.73 Å². The minimum absolute atomic E-state index is 0.0407. The number of amidine groups is 1. The number of nitrogens with one attached hydrogen (secondary N) is 1. The molecule has 0 atom stereocenters. The van der Waals surface area contributed by atoms with Gasteiger partial charge in [-0.15, -0.1) is 0 Å². The van der Waals surface area contributed by atoms with Crippen molar-refractivity contribution in [1.82, 2.24) is 9.78 Å². The summed E-state index contributed by atoms with van der Waals surface area (Å²) in [6, 6.07) is 7.80. The molecule has 2 aromatic rings. The standard InChI is InChI=1S/C15H20N4O/c1-10(2)19-7-6-13(18-19)9-20-14-8-12(15(16)17)5-4-11(14)3/h4-8,10H,9H2,1-3H3,(H3,16,17). The van der Waals surface area contributed by atoms with Gasteiger partial charge in [0.15, 0.2) is 0 Å². The van der Waals surface area contributed by atoms with Crippen molar-refractivity contribution in [2.75, 3.05) is 0 Å². The van der Waals surface area contributed by atoms with Crippen molar-refractivity contribution in [3.8, 4) is 5.75 Å². The largest absolute Gasteiger partial charge is 0.487 e. The molecule has 0 radical (unpaired) electrons. The minimum atomic E-state index is 0.0407. The zero-order valence-corrected chi connectivity index (χ0v) is 12.1. The van der Waals surface area contributed by atoms with Gasteiger partial charge in [0.25, 0.3) is 0 Å². The smallest absolute Gasteiger partial charge is 0.132 e. The van der Waals surface area contributed by atoms with Gasteiger partial charge in [-0.2, -0.15) is 5.10 Å². The number of ether oxygens (including phenoxy) is 1. The van der Waals surface area contributed by atoms with E-state index in [4.69, 9.17) is 15.9 Å². The SMILES string of the molecule is Cc1ccc(C(=N)N)cc1OCc1ccn(C(C)C)n1. The summed E-state index contributed by atoms with van der Waals surface area (Å²) >= 11 is 0. The van der Waals surface area contributed by atoms with Crippen molar-refractivity contribution < 1.29 is 4.74 Å². The second-order valence-corrected chi connectivity index (χ2v) is 5.06. The normalized spacial score (nSPS) is 10.8. The van der Waals surface area contributed by atoms with Crippen LogP contribution in [0, 0.1) is 12.3 Å². The Bertz CT molecular complexity index is 616. The van der Waals surface area contributed by atoms with Crippen LogP contribution in [-0.4, -0.2) is 15.6 Å². The molecule has 1 aromatic carbocycles. The van der Waals surface area contributed by atoms with E-state index in [0.717, 1.165) is 17.0 Å². The molecule has 20 heavy (non-hydrogen) atoms. The molecular weight excluding hydrogens is 252 g/mol. The maximum atomic E-state index is 7.46. The van der Waals surface area contributed by atoms with Crippen LogP contribution in [0.4, 0.5) is 0 Å². The number of aryl methyl sites for hydroxylation is 1. The van der Waals surface area contributed by atoms with Crippen LogP contribution >= 0.6 is 0 Å². The molecule has 106 valence electrons. The Kier molecular flexibility index (Phi) is 4.08. The van der Waals surface area contributed by atoms with Crippen LogP contribution in [0.15, 0.2) is 30.5 Å². The Hall–Kier alpha value is -2.30. The fraction of sp³-hybridized carbons (Fsp3) is 0.333. The van der Waals surface area contributed by atoms with E-state index in [2.05, 4.69) is 18.9 Å². The highest BCUT2D eigenvalue weighted by molar-refractivity contribution is 5.95. The Morgan fingerprint density at radius 2 is 2.15 bits per heavy atom. The Labute approximate surface area is 118 Å². The van der Waals surface area contributed by atoms with Gasteiger partial charge in [-0.05, 0) is 38.5 Å². The second kappa shape index (κ2) is 5.77. The molecule has 1 aromatic heterocycles. The summed E-state index contributed by atoms with van der Waals surface area (Å²) in [5, 5.41) is 11.9. The third-order valence-electron chi connectivity index (χ3n) is 3.07. The molecule has 5 heteroatoms. The molecule has 0 aliphatic carbocycles. The second-order valence-electron chi connectivity index (χ2n) is 5.06. The van der Waals surface area contributed by atoms with E-state index >= 15 is 0 Å². The number of nitrogen functional groups attached to an aromatic ring is 1. The summed E-state index contributed by atoms with van der Waals surface area (Å²) in [5.74, 6) is 0.774. The fourth-order valence-corrected chi connectivity index (χ4v) is 1.82. The van der Waals surface area contributed by atoms with Gasteiger partial charge in [-0.3, -0.25) is 10.1 Å². The van der Waals surface area contributed by atoms with Crippen LogP contribution < -0.4 is 10.5 Å². The van der Waals surface area contributed by atoms with Crippen LogP contribution in [0.1, 0.15) is 36.7 Å². The summed E-state index contributed by atoms with van der Waals surface area (Å²) in [6.07, 6.45) is 1.95. The molecule has 3 N–H and O–H groups in total. The fourth-order valence-electron chi connectivity index (χ4n) is 1.82. The van der Waals surface area contributed by atoms with E-state index in [1.165, 1.54) is 0 Å². The first kappa shape index (κ1) is 14.1. The first-order valence-corrected chi connectivity index (χ1v) is 6.59. The van der Waals surface area contributed by atoms with Gasteiger partial charge in [-0.25, -0.2) is 0 Å². The maximum Gasteiger partial charge on any atom is 0.132 e. The molecule has 0 aliphatic heterocycles. The van der Waals surface area contributed by atoms with Crippen molar-refractivity contribution in [3.05, 3.63) is 47.3 Å². The van der Waals surface area contributed by atoms with Crippen molar-refractivity contribution in [1.29, 1.82) is 5.41 Å². The van der Waals surface area contributed by atoms with E-state index in [1.54, 1.807) is 6.07 Å². The molecule has 0 bridgehead atoms. The predicted octanol–water partition coefficient (Wildman–Crippen LogP) is 2.64. The Morgan fingerprint density at radius 3 is 2.75 bits per heavy atom. The summed E-state index contributed by atoms with van der Waals surface area (Å²) in [6.45, 7) is 6.53. The number of rotatable bonds is 5. The van der Waals surface area contributed by atoms with Crippen molar-refractivity contribution in [2.45, 2.75) is 33.4 Å². The van der Waals surface area contributed by atoms with Crippen LogP contribution in [0.2, 0.25) is 0 Å². The van der Waals surface area contributed by atoms with E-state index in [1.807, 2.05) is 36.0 Å². The van der Waals surface area contributed by atoms with Crippen molar-refractivity contribution >= 4 is 5.84 Å². The van der Waals surface area contributed by atoms with Gasteiger partial charge in [0.2, 0.25) is 0 Å². The highest BCUT2D eigenvalue weighted by atomic mass is 16.5. The van der Waals surface area contributed by atoms with Gasteiger partial charge in [-0.1, -0.05) is 12.1 Å². The quantitative estimate of drug-likeness (QED) is 0.649. The molecular formula is C15H20N4O. The molecule has 1 heterocycles. The molecule has 0 saturated heterocycles. The lowest BCUT2D eigenvalue weighted by Gasteiger charge is -2.10. The van der Waals surface area contributed by atoms with E-state index in [0.29, 0.717) is 18.2 Å². The van der Waals surface area contributed by atoms with Crippen LogP contribution in [-0.2, 0) is 6.61 Å². The van der Waals surface area contributed by atoms with E-state index in [9.17, 15) is 0 Å². The third kappa shape index (κ3) is 3.17. The maximum absolute atomic E-state index is 7.46. The Balaban J connectivity index is 2.09. The van der Waals surface area contributed by atoms with Gasteiger partial charge in [0.1, 0.15) is 18.2 Å². The van der Waals surface area contributed by atoms with Crippen LogP contribution in [0.25, 0.3) is 0 Å². The third-order valence-corrected chi connectivity index (χ3v) is 3.07. The van der Waals surface area contributed by atoms with Crippen molar-refractivity contribution in [3.63, 3.8) is 0 Å². The molecule has 0 saturated carbocycles. The van der Waals surface area contributed by atoms with Gasteiger partial charge >= 0.3 is 0 Å². The number of hydrogen-bond donors (Lipinski definition) is 2. The van der Waals surface area contributed by atoms with Crippen LogP contribution in [0.5, 0.6) is 5.75 Å². The van der Waals surface area contributed by atoms with E-state index < -0.39 is 0 Å². The molecule has 0 fully saturated rings. The average Bonchev–Trinajstić information content (AvgIpc) is 2.86. The summed E-state index contributed by atoms with van der Waals surface area (Å²) in [7, 11) is 0. The lowest BCUT2D eigenvalue weighted by molar-refractivity contribution is 0.296. The monoisotopic (exact) mass is 272 g/mol. The number of nitrogens with two attached hydrogens (primary N) is 1. The molecule has 2 rings (SSSR count). The number of hydrogen-bond acceptors (Lipinski definition) is 3. The highest BCUT2D eigenvalue weighted by Crippen LogP contribution is 2.20. The topological polar surface area (TPSA) is 76.9 Å². The molecule has 5 nitrogen and oxygen atoms in total. The lowest BCUT2D eigenvalue weighted by Crippen LogP contribution is -2.11. The number of nitrogens with zero attached hydrogens (tertiary/aromatic N) is 2. The van der Waals surface area contributed by atoms with Gasteiger partial charge in [0.05, 0.1) is 5.69 Å². The predicted molar refractivity (Wildman–Crippen MR) is 79.1 cm³/mol. The van der Waals surface area contributed by atoms with E-state index in [-0.39, 0.29) is 5.84 Å². The van der Waals surface area contributed by atoms with Gasteiger partial charge < -0.3 is 10.5 Å². The first-order chi connectivity index (χ1) is 9.47. The zero-order valence-electron chi connectivity index (χ0n) is 12.1. The summed E-state index contributed by atoms with van der Waals surface area (Å²) < 4.78 is 7.68. The van der Waals surface area contributed by atoms with Crippen LogP contribution in [0.3, 0.4) is 0 Å². The number of aromatic nitrogens is 2.